The SMILES string of the molecule is Cc1cccc(Cl)c1CNC(=O)c1nc(-c2cccs2)nc(O)c1O. The van der Waals surface area contributed by atoms with Crippen LogP contribution >= 0.6 is 22.9 Å². The Balaban J connectivity index is 1.87. The van der Waals surface area contributed by atoms with Crippen LogP contribution in [0.1, 0.15) is 21.6 Å². The summed E-state index contributed by atoms with van der Waals surface area (Å²) in [5.41, 5.74) is 1.41. The van der Waals surface area contributed by atoms with Crippen molar-refractivity contribution in [3.8, 4) is 22.3 Å². The van der Waals surface area contributed by atoms with Crippen LogP contribution in [0.5, 0.6) is 11.6 Å². The van der Waals surface area contributed by atoms with E-state index in [1.54, 1.807) is 18.2 Å². The van der Waals surface area contributed by atoms with Crippen molar-refractivity contribution in [2.75, 3.05) is 0 Å². The van der Waals surface area contributed by atoms with Crippen molar-refractivity contribution < 1.29 is 15.0 Å². The Morgan fingerprint density at radius 3 is 2.72 bits per heavy atom. The maximum atomic E-state index is 12.4. The first-order valence-corrected chi connectivity index (χ1v) is 8.59. The number of thiophene rings is 1. The van der Waals surface area contributed by atoms with E-state index in [0.29, 0.717) is 9.90 Å². The van der Waals surface area contributed by atoms with Gasteiger partial charge in [-0.3, -0.25) is 4.79 Å². The first-order valence-electron chi connectivity index (χ1n) is 7.33. The Bertz CT molecular complexity index is 909. The Morgan fingerprint density at radius 2 is 2.04 bits per heavy atom. The summed E-state index contributed by atoms with van der Waals surface area (Å²) in [7, 11) is 0. The second-order valence-electron chi connectivity index (χ2n) is 5.26. The molecule has 0 radical (unpaired) electrons. The van der Waals surface area contributed by atoms with Gasteiger partial charge in [-0.1, -0.05) is 29.8 Å². The predicted molar refractivity (Wildman–Crippen MR) is 96.0 cm³/mol. The molecule has 1 amide bonds. The second kappa shape index (κ2) is 7.08. The highest BCUT2D eigenvalue weighted by molar-refractivity contribution is 7.13. The van der Waals surface area contributed by atoms with Gasteiger partial charge >= 0.3 is 0 Å². The Labute approximate surface area is 152 Å². The fourth-order valence-corrected chi connectivity index (χ4v) is 3.21. The van der Waals surface area contributed by atoms with Gasteiger partial charge in [-0.25, -0.2) is 4.98 Å². The number of aromatic hydroxyl groups is 2. The molecule has 3 rings (SSSR count). The molecule has 8 heteroatoms. The minimum absolute atomic E-state index is 0.170. The Morgan fingerprint density at radius 1 is 1.24 bits per heavy atom. The van der Waals surface area contributed by atoms with Crippen LogP contribution in [0.4, 0.5) is 0 Å². The summed E-state index contributed by atoms with van der Waals surface area (Å²) in [6.07, 6.45) is 0. The molecule has 3 aromatic rings. The van der Waals surface area contributed by atoms with Crippen LogP contribution in [0.2, 0.25) is 5.02 Å². The van der Waals surface area contributed by atoms with Crippen LogP contribution in [-0.2, 0) is 6.54 Å². The van der Waals surface area contributed by atoms with Crippen molar-refractivity contribution in [1.29, 1.82) is 0 Å². The van der Waals surface area contributed by atoms with Crippen LogP contribution in [0.3, 0.4) is 0 Å². The third-order valence-electron chi connectivity index (χ3n) is 3.60. The second-order valence-corrected chi connectivity index (χ2v) is 6.62. The molecular weight excluding hydrogens is 362 g/mol. The molecule has 0 atom stereocenters. The lowest BCUT2D eigenvalue weighted by atomic mass is 10.1. The largest absolute Gasteiger partial charge is 0.501 e. The molecule has 6 nitrogen and oxygen atoms in total. The van der Waals surface area contributed by atoms with Crippen molar-refractivity contribution in [1.82, 2.24) is 15.3 Å². The van der Waals surface area contributed by atoms with Crippen molar-refractivity contribution >= 4 is 28.8 Å². The lowest BCUT2D eigenvalue weighted by Gasteiger charge is -2.11. The lowest BCUT2D eigenvalue weighted by molar-refractivity contribution is 0.0942. The molecule has 0 aliphatic rings. The highest BCUT2D eigenvalue weighted by Gasteiger charge is 2.21. The monoisotopic (exact) mass is 375 g/mol. The molecule has 0 bridgehead atoms. The highest BCUT2D eigenvalue weighted by Crippen LogP contribution is 2.30. The van der Waals surface area contributed by atoms with E-state index in [1.165, 1.54) is 11.3 Å². The number of hydrogen-bond donors (Lipinski definition) is 3. The molecule has 1 aromatic carbocycles. The van der Waals surface area contributed by atoms with E-state index < -0.39 is 17.5 Å². The van der Waals surface area contributed by atoms with Gasteiger partial charge in [0.15, 0.2) is 11.5 Å². The fourth-order valence-electron chi connectivity index (χ4n) is 2.26. The van der Waals surface area contributed by atoms with E-state index in [9.17, 15) is 15.0 Å². The summed E-state index contributed by atoms with van der Waals surface area (Å²) in [5.74, 6) is -1.76. The smallest absolute Gasteiger partial charge is 0.274 e. The number of rotatable bonds is 4. The molecule has 0 saturated heterocycles. The maximum absolute atomic E-state index is 12.4. The van der Waals surface area contributed by atoms with Gasteiger partial charge in [0.2, 0.25) is 5.75 Å². The summed E-state index contributed by atoms with van der Waals surface area (Å²) in [5, 5.41) is 24.8. The summed E-state index contributed by atoms with van der Waals surface area (Å²) >= 11 is 7.50. The fraction of sp³-hybridized carbons (Fsp3) is 0.118. The van der Waals surface area contributed by atoms with Gasteiger partial charge in [-0.2, -0.15) is 4.98 Å². The number of carbonyl (C=O) groups is 1. The molecule has 0 fully saturated rings. The number of nitrogens with zero attached hydrogens (tertiary/aromatic N) is 2. The normalized spacial score (nSPS) is 10.6. The summed E-state index contributed by atoms with van der Waals surface area (Å²) in [6.45, 7) is 2.05. The average molecular weight is 376 g/mol. The first-order chi connectivity index (χ1) is 12.0. The zero-order valence-corrected chi connectivity index (χ0v) is 14.7. The van der Waals surface area contributed by atoms with Crippen LogP contribution < -0.4 is 5.32 Å². The molecule has 128 valence electrons. The third kappa shape index (κ3) is 3.57. The highest BCUT2D eigenvalue weighted by atomic mass is 35.5. The van der Waals surface area contributed by atoms with Crippen molar-refractivity contribution in [2.24, 2.45) is 0 Å². The number of aryl methyl sites for hydroxylation is 1. The minimum atomic E-state index is -0.659. The van der Waals surface area contributed by atoms with Crippen molar-refractivity contribution in [3.05, 3.63) is 57.6 Å². The molecule has 0 spiro atoms. The molecule has 0 unspecified atom stereocenters. The summed E-state index contributed by atoms with van der Waals surface area (Å²) in [4.78, 5) is 21.0. The average Bonchev–Trinajstić information content (AvgIpc) is 3.11. The van der Waals surface area contributed by atoms with E-state index >= 15 is 0 Å². The molecule has 3 N–H and O–H groups in total. The third-order valence-corrected chi connectivity index (χ3v) is 4.82. The van der Waals surface area contributed by atoms with E-state index in [1.807, 2.05) is 24.4 Å². The van der Waals surface area contributed by atoms with Gasteiger partial charge in [-0.15, -0.1) is 11.3 Å². The van der Waals surface area contributed by atoms with Gasteiger partial charge in [0.1, 0.15) is 0 Å². The quantitative estimate of drug-likeness (QED) is 0.648. The number of nitrogens with one attached hydrogen (secondary N) is 1. The molecule has 25 heavy (non-hydrogen) atoms. The van der Waals surface area contributed by atoms with Crippen molar-refractivity contribution in [3.63, 3.8) is 0 Å². The van der Waals surface area contributed by atoms with Crippen LogP contribution in [0.15, 0.2) is 35.7 Å². The molecule has 0 saturated carbocycles. The molecule has 2 heterocycles. The molecule has 0 aliphatic heterocycles. The van der Waals surface area contributed by atoms with Crippen LogP contribution in [0, 0.1) is 6.92 Å². The van der Waals surface area contributed by atoms with Gasteiger partial charge in [0.05, 0.1) is 4.88 Å². The van der Waals surface area contributed by atoms with Crippen molar-refractivity contribution in [2.45, 2.75) is 13.5 Å². The number of aromatic nitrogens is 2. The number of amides is 1. The molecular formula is C17H14ClN3O3S. The number of carbonyl (C=O) groups excluding carboxylic acids is 1. The number of halogens is 1. The van der Waals surface area contributed by atoms with Gasteiger partial charge in [0, 0.05) is 11.6 Å². The van der Waals surface area contributed by atoms with E-state index in [2.05, 4.69) is 15.3 Å². The lowest BCUT2D eigenvalue weighted by Crippen LogP contribution is -2.25. The first kappa shape index (κ1) is 17.2. The zero-order chi connectivity index (χ0) is 18.0. The predicted octanol–water partition coefficient (Wildman–Crippen LogP) is 3.51. The van der Waals surface area contributed by atoms with Crippen LogP contribution in [0.25, 0.3) is 10.7 Å². The maximum Gasteiger partial charge on any atom is 0.274 e. The van der Waals surface area contributed by atoms with E-state index in [0.717, 1.165) is 11.1 Å². The minimum Gasteiger partial charge on any atom is -0.501 e. The topological polar surface area (TPSA) is 95.3 Å². The molecule has 2 aromatic heterocycles. The number of hydrogen-bond acceptors (Lipinski definition) is 6. The van der Waals surface area contributed by atoms with Gasteiger partial charge in [-0.05, 0) is 35.6 Å². The number of benzene rings is 1. The van der Waals surface area contributed by atoms with Gasteiger partial charge in [0.25, 0.3) is 11.8 Å². The summed E-state index contributed by atoms with van der Waals surface area (Å²) in [6, 6.07) is 9.00. The Kier molecular flexibility index (Phi) is 4.87. The zero-order valence-electron chi connectivity index (χ0n) is 13.2. The standard InChI is InChI=1S/C17H14ClN3O3S/c1-9-4-2-5-11(18)10(9)8-19-16(23)13-14(22)17(24)21-15(20-13)12-6-3-7-25-12/h2-7,22H,8H2,1H3,(H,19,23)(H,20,21,24). The molecule has 0 aliphatic carbocycles. The van der Waals surface area contributed by atoms with E-state index in [4.69, 9.17) is 11.6 Å². The van der Waals surface area contributed by atoms with Gasteiger partial charge < -0.3 is 15.5 Å². The Hall–Kier alpha value is -2.64. The summed E-state index contributed by atoms with van der Waals surface area (Å²) < 4.78 is 0. The van der Waals surface area contributed by atoms with E-state index in [-0.39, 0.29) is 18.1 Å². The van der Waals surface area contributed by atoms with Crippen LogP contribution in [-0.4, -0.2) is 26.1 Å².